The van der Waals surface area contributed by atoms with Gasteiger partial charge in [0.05, 0.1) is 11.7 Å². The van der Waals surface area contributed by atoms with Crippen LogP contribution in [0, 0.1) is 11.3 Å². The van der Waals surface area contributed by atoms with Gasteiger partial charge in [0.2, 0.25) is 0 Å². The van der Waals surface area contributed by atoms with E-state index in [9.17, 15) is 15.3 Å². The summed E-state index contributed by atoms with van der Waals surface area (Å²) >= 11 is 0. The van der Waals surface area contributed by atoms with Gasteiger partial charge in [0, 0.05) is 6.61 Å². The van der Waals surface area contributed by atoms with E-state index in [1.807, 2.05) is 12.1 Å². The third-order valence-electron chi connectivity index (χ3n) is 6.61. The molecule has 3 N–H and O–H groups in total. The van der Waals surface area contributed by atoms with E-state index in [2.05, 4.69) is 19.9 Å². The van der Waals surface area contributed by atoms with Gasteiger partial charge in [0.1, 0.15) is 0 Å². The Morgan fingerprint density at radius 1 is 1.22 bits per heavy atom. The molecule has 0 radical (unpaired) electrons. The Morgan fingerprint density at radius 3 is 2.52 bits per heavy atom. The fourth-order valence-electron chi connectivity index (χ4n) is 5.12. The monoisotopic (exact) mass is 318 g/mol. The Balaban J connectivity index is 2.12. The average molecular weight is 318 g/mol. The van der Waals surface area contributed by atoms with Crippen molar-refractivity contribution >= 4 is 0 Å². The van der Waals surface area contributed by atoms with Gasteiger partial charge in [-0.25, -0.2) is 0 Å². The van der Waals surface area contributed by atoms with Crippen LogP contribution in [-0.2, 0) is 11.0 Å². The highest BCUT2D eigenvalue weighted by Gasteiger charge is 2.53. The molecule has 1 saturated carbocycles. The lowest BCUT2D eigenvalue weighted by Gasteiger charge is -2.56. The van der Waals surface area contributed by atoms with Gasteiger partial charge in [0.15, 0.2) is 0 Å². The molecule has 3 nitrogen and oxygen atoms in total. The summed E-state index contributed by atoms with van der Waals surface area (Å²) in [6.45, 7) is 8.18. The normalized spacial score (nSPS) is 37.2. The van der Waals surface area contributed by atoms with Crippen LogP contribution in [0.2, 0.25) is 0 Å². The summed E-state index contributed by atoms with van der Waals surface area (Å²) in [6, 6.07) is 6.07. The second-order valence-electron chi connectivity index (χ2n) is 8.75. The van der Waals surface area contributed by atoms with Crippen molar-refractivity contribution in [3.63, 3.8) is 0 Å². The molecule has 2 aliphatic carbocycles. The number of hydrogen-bond acceptors (Lipinski definition) is 3. The van der Waals surface area contributed by atoms with Gasteiger partial charge in [-0.2, -0.15) is 0 Å². The molecule has 1 aromatic carbocycles. The molecule has 0 heterocycles. The van der Waals surface area contributed by atoms with Gasteiger partial charge in [0.25, 0.3) is 0 Å². The Hall–Kier alpha value is -0.900. The molecule has 0 aliphatic heterocycles. The number of rotatable bonds is 2. The van der Waals surface area contributed by atoms with Crippen molar-refractivity contribution < 1.29 is 15.3 Å². The fourth-order valence-corrected chi connectivity index (χ4v) is 5.12. The van der Waals surface area contributed by atoms with Gasteiger partial charge in [-0.15, -0.1) is 0 Å². The Labute approximate surface area is 139 Å². The Kier molecular flexibility index (Phi) is 3.90. The van der Waals surface area contributed by atoms with Crippen molar-refractivity contribution in [2.24, 2.45) is 11.3 Å². The van der Waals surface area contributed by atoms with E-state index in [1.165, 1.54) is 5.56 Å². The smallest absolute Gasteiger partial charge is 0.0840 e. The highest BCUT2D eigenvalue weighted by Crippen LogP contribution is 2.59. The topological polar surface area (TPSA) is 60.7 Å². The molecule has 1 aromatic rings. The van der Waals surface area contributed by atoms with Crippen LogP contribution in [-0.4, -0.2) is 21.9 Å². The molecular formula is C20H30O3. The van der Waals surface area contributed by atoms with E-state index in [0.29, 0.717) is 6.42 Å². The first-order valence-electron chi connectivity index (χ1n) is 8.78. The molecule has 3 heteroatoms. The molecule has 23 heavy (non-hydrogen) atoms. The first-order chi connectivity index (χ1) is 10.6. The molecule has 4 atom stereocenters. The molecule has 0 unspecified atom stereocenters. The third kappa shape index (κ3) is 2.54. The minimum atomic E-state index is -0.904. The van der Waals surface area contributed by atoms with Crippen molar-refractivity contribution in [1.82, 2.24) is 0 Å². The summed E-state index contributed by atoms with van der Waals surface area (Å²) < 4.78 is 0. The number of hydrogen-bond donors (Lipinski definition) is 3. The predicted molar refractivity (Wildman–Crippen MR) is 91.1 cm³/mol. The van der Waals surface area contributed by atoms with Crippen LogP contribution in [0.15, 0.2) is 18.2 Å². The Bertz CT molecular complexity index is 603. The molecule has 0 spiro atoms. The second-order valence-corrected chi connectivity index (χ2v) is 8.75. The first kappa shape index (κ1) is 16.9. The lowest BCUT2D eigenvalue weighted by atomic mass is 9.49. The van der Waals surface area contributed by atoms with Crippen LogP contribution < -0.4 is 0 Å². The second kappa shape index (κ2) is 5.30. The molecule has 3 rings (SSSR count). The average Bonchev–Trinajstić information content (AvgIpc) is 2.49. The molecule has 0 saturated heterocycles. The molecule has 2 aliphatic rings. The minimum absolute atomic E-state index is 0.0115. The Morgan fingerprint density at radius 2 is 1.91 bits per heavy atom. The molecule has 0 aromatic heterocycles. The van der Waals surface area contributed by atoms with E-state index in [-0.39, 0.29) is 23.4 Å². The van der Waals surface area contributed by atoms with Crippen LogP contribution in [0.1, 0.15) is 76.2 Å². The van der Waals surface area contributed by atoms with Gasteiger partial charge >= 0.3 is 0 Å². The van der Waals surface area contributed by atoms with E-state index in [1.54, 1.807) is 13.8 Å². The van der Waals surface area contributed by atoms with Crippen molar-refractivity contribution in [2.75, 3.05) is 6.61 Å². The first-order valence-corrected chi connectivity index (χ1v) is 8.78. The van der Waals surface area contributed by atoms with E-state index >= 15 is 0 Å². The van der Waals surface area contributed by atoms with Crippen LogP contribution in [0.5, 0.6) is 0 Å². The van der Waals surface area contributed by atoms with Gasteiger partial charge in [-0.3, -0.25) is 0 Å². The number of aliphatic hydroxyl groups excluding tert-OH is 2. The quantitative estimate of drug-likeness (QED) is 0.783. The minimum Gasteiger partial charge on any atom is -0.396 e. The molecule has 128 valence electrons. The summed E-state index contributed by atoms with van der Waals surface area (Å²) in [4.78, 5) is 0. The van der Waals surface area contributed by atoms with Crippen molar-refractivity contribution in [2.45, 2.75) is 70.5 Å². The van der Waals surface area contributed by atoms with E-state index in [0.717, 1.165) is 30.4 Å². The zero-order valence-electron chi connectivity index (χ0n) is 14.8. The highest BCUT2D eigenvalue weighted by atomic mass is 16.3. The maximum absolute atomic E-state index is 10.8. The zero-order chi connectivity index (χ0) is 17.0. The fraction of sp³-hybridized carbons (Fsp3) is 0.700. The lowest BCUT2D eigenvalue weighted by Crippen LogP contribution is -2.51. The summed E-state index contributed by atoms with van der Waals surface area (Å²) in [6.07, 6.45) is 3.39. The van der Waals surface area contributed by atoms with E-state index < -0.39 is 11.7 Å². The number of benzene rings is 1. The van der Waals surface area contributed by atoms with E-state index in [4.69, 9.17) is 0 Å². The molecular weight excluding hydrogens is 288 g/mol. The summed E-state index contributed by atoms with van der Waals surface area (Å²) in [5, 5.41) is 31.0. The van der Waals surface area contributed by atoms with Gasteiger partial charge in [-0.1, -0.05) is 38.5 Å². The molecule has 0 bridgehead atoms. The predicted octanol–water partition coefficient (Wildman–Crippen LogP) is 3.41. The van der Waals surface area contributed by atoms with Gasteiger partial charge < -0.3 is 15.3 Å². The number of fused-ring (bicyclic) bond motifs is 3. The molecule has 1 fully saturated rings. The van der Waals surface area contributed by atoms with Crippen LogP contribution in [0.3, 0.4) is 0 Å². The van der Waals surface area contributed by atoms with Crippen LogP contribution in [0.25, 0.3) is 0 Å². The number of aliphatic hydroxyl groups is 3. The lowest BCUT2D eigenvalue weighted by molar-refractivity contribution is -0.0464. The third-order valence-corrected chi connectivity index (χ3v) is 6.61. The van der Waals surface area contributed by atoms with Gasteiger partial charge in [-0.05, 0) is 66.5 Å². The van der Waals surface area contributed by atoms with Crippen LogP contribution >= 0.6 is 0 Å². The zero-order valence-corrected chi connectivity index (χ0v) is 14.8. The maximum atomic E-state index is 10.8. The highest BCUT2D eigenvalue weighted by molar-refractivity contribution is 5.43. The van der Waals surface area contributed by atoms with Crippen LogP contribution in [0.4, 0.5) is 0 Å². The SMILES string of the molecule is CC(C)(O)c1ccc2c(c1)[C@@H](O)C[C@H]1[C@](C)(CO)CCC[C@]21C. The molecule has 0 amide bonds. The van der Waals surface area contributed by atoms with Crippen molar-refractivity contribution in [3.05, 3.63) is 34.9 Å². The maximum Gasteiger partial charge on any atom is 0.0840 e. The standard InChI is InChI=1S/C20H30O3/c1-18(2,23)13-6-7-15-14(10-13)16(22)11-17-19(3,12-21)8-5-9-20(15,17)4/h6-7,10,16-17,21-23H,5,8-9,11-12H2,1-4H3/t16-,17-,19-,20+/m0/s1. The van der Waals surface area contributed by atoms with Crippen molar-refractivity contribution in [1.29, 1.82) is 0 Å². The van der Waals surface area contributed by atoms with Crippen molar-refractivity contribution in [3.8, 4) is 0 Å². The largest absolute Gasteiger partial charge is 0.396 e. The summed E-state index contributed by atoms with van der Waals surface area (Å²) in [5.74, 6) is 0.282. The summed E-state index contributed by atoms with van der Waals surface area (Å²) in [7, 11) is 0. The summed E-state index contributed by atoms with van der Waals surface area (Å²) in [5.41, 5.74) is 1.97.